The van der Waals surface area contributed by atoms with Crippen LogP contribution in [0.3, 0.4) is 0 Å². The predicted molar refractivity (Wildman–Crippen MR) is 103 cm³/mol. The van der Waals surface area contributed by atoms with Crippen molar-refractivity contribution in [3.63, 3.8) is 0 Å². The lowest BCUT2D eigenvalue weighted by molar-refractivity contribution is 0.101. The second-order valence-corrected chi connectivity index (χ2v) is 8.62. The Morgan fingerprint density at radius 3 is 2.31 bits per heavy atom. The smallest absolute Gasteiger partial charge is 0.243 e. The lowest BCUT2D eigenvalue weighted by Crippen LogP contribution is -2.28. The van der Waals surface area contributed by atoms with Gasteiger partial charge in [0.15, 0.2) is 5.78 Å². The van der Waals surface area contributed by atoms with Crippen molar-refractivity contribution in [3.8, 4) is 0 Å². The van der Waals surface area contributed by atoms with Crippen molar-refractivity contribution in [3.05, 3.63) is 59.2 Å². The molecule has 0 radical (unpaired) electrons. The van der Waals surface area contributed by atoms with Gasteiger partial charge in [0.1, 0.15) is 0 Å². The number of carbonyl (C=O) groups is 1. The molecule has 2 aromatic carbocycles. The van der Waals surface area contributed by atoms with Gasteiger partial charge in [0, 0.05) is 24.3 Å². The third kappa shape index (κ3) is 3.81. The Balaban J connectivity index is 1.76. The van der Waals surface area contributed by atoms with Crippen LogP contribution >= 0.6 is 0 Å². The predicted octanol–water partition coefficient (Wildman–Crippen LogP) is 3.38. The maximum atomic E-state index is 12.7. The number of sulfonamides is 1. The van der Waals surface area contributed by atoms with Gasteiger partial charge >= 0.3 is 0 Å². The number of para-hydroxylation sites is 1. The summed E-state index contributed by atoms with van der Waals surface area (Å²) >= 11 is 0. The molecule has 0 spiro atoms. The fourth-order valence-electron chi connectivity index (χ4n) is 3.27. The third-order valence-electron chi connectivity index (χ3n) is 4.77. The van der Waals surface area contributed by atoms with Gasteiger partial charge in [-0.05, 0) is 49.9 Å². The molecule has 0 aromatic heterocycles. The van der Waals surface area contributed by atoms with Crippen LogP contribution in [0.2, 0.25) is 0 Å². The molecule has 5 nitrogen and oxygen atoms in total. The van der Waals surface area contributed by atoms with Crippen molar-refractivity contribution in [1.82, 2.24) is 4.31 Å². The summed E-state index contributed by atoms with van der Waals surface area (Å²) in [6.07, 6.45) is 1.77. The highest BCUT2D eigenvalue weighted by atomic mass is 32.2. The summed E-state index contributed by atoms with van der Waals surface area (Å²) in [5, 5.41) is 3.18. The lowest BCUT2D eigenvalue weighted by atomic mass is 10.1. The number of nitrogens with zero attached hydrogens (tertiary/aromatic N) is 1. The van der Waals surface area contributed by atoms with Crippen LogP contribution in [-0.4, -0.2) is 38.1 Å². The Bertz CT molecular complexity index is 896. The molecule has 0 aliphatic carbocycles. The molecule has 1 N–H and O–H groups in total. The Hall–Kier alpha value is -2.18. The zero-order valence-corrected chi connectivity index (χ0v) is 16.0. The highest BCUT2D eigenvalue weighted by Gasteiger charge is 2.27. The van der Waals surface area contributed by atoms with E-state index in [4.69, 9.17) is 0 Å². The number of ketones is 1. The molecule has 138 valence electrons. The summed E-state index contributed by atoms with van der Waals surface area (Å²) in [5.41, 5.74) is 3.50. The first-order valence-corrected chi connectivity index (χ1v) is 10.3. The molecular weight excluding hydrogens is 348 g/mol. The van der Waals surface area contributed by atoms with Crippen LogP contribution in [0.15, 0.2) is 47.4 Å². The van der Waals surface area contributed by atoms with E-state index in [9.17, 15) is 13.2 Å². The Morgan fingerprint density at radius 2 is 1.65 bits per heavy atom. The molecule has 1 saturated heterocycles. The molecule has 3 rings (SSSR count). The van der Waals surface area contributed by atoms with Gasteiger partial charge in [-0.3, -0.25) is 4.79 Å². The molecular formula is C20H24N2O3S. The highest BCUT2D eigenvalue weighted by molar-refractivity contribution is 7.89. The van der Waals surface area contributed by atoms with Crippen LogP contribution in [0, 0.1) is 13.8 Å². The van der Waals surface area contributed by atoms with E-state index in [-0.39, 0.29) is 17.2 Å². The van der Waals surface area contributed by atoms with Crippen LogP contribution < -0.4 is 5.32 Å². The maximum Gasteiger partial charge on any atom is 0.243 e. The molecule has 1 fully saturated rings. The molecule has 0 bridgehead atoms. The highest BCUT2D eigenvalue weighted by Crippen LogP contribution is 2.22. The second kappa shape index (κ2) is 7.60. The van der Waals surface area contributed by atoms with E-state index in [1.807, 2.05) is 32.0 Å². The zero-order valence-electron chi connectivity index (χ0n) is 15.2. The SMILES string of the molecule is Cc1cccc(C)c1NCC(=O)c1cccc(S(=O)(=O)N2CCCC2)c1. The zero-order chi connectivity index (χ0) is 18.7. The number of nitrogens with one attached hydrogen (secondary N) is 1. The van der Waals surface area contributed by atoms with Crippen molar-refractivity contribution in [2.75, 3.05) is 25.0 Å². The Morgan fingerprint density at radius 1 is 1.04 bits per heavy atom. The largest absolute Gasteiger partial charge is 0.377 e. The first-order valence-electron chi connectivity index (χ1n) is 8.83. The normalized spacial score (nSPS) is 15.2. The summed E-state index contributed by atoms with van der Waals surface area (Å²) in [7, 11) is -3.51. The number of benzene rings is 2. The van der Waals surface area contributed by atoms with E-state index in [1.165, 1.54) is 10.4 Å². The fraction of sp³-hybridized carbons (Fsp3) is 0.350. The minimum atomic E-state index is -3.51. The minimum Gasteiger partial charge on any atom is -0.377 e. The van der Waals surface area contributed by atoms with Crippen molar-refractivity contribution < 1.29 is 13.2 Å². The monoisotopic (exact) mass is 372 g/mol. The van der Waals surface area contributed by atoms with Crippen molar-refractivity contribution >= 4 is 21.5 Å². The number of hydrogen-bond acceptors (Lipinski definition) is 4. The van der Waals surface area contributed by atoms with Crippen LogP contribution in [0.5, 0.6) is 0 Å². The third-order valence-corrected chi connectivity index (χ3v) is 6.66. The lowest BCUT2D eigenvalue weighted by Gasteiger charge is -2.16. The van der Waals surface area contributed by atoms with Crippen LogP contribution in [0.4, 0.5) is 5.69 Å². The van der Waals surface area contributed by atoms with Crippen molar-refractivity contribution in [2.45, 2.75) is 31.6 Å². The van der Waals surface area contributed by atoms with Gasteiger partial charge < -0.3 is 5.32 Å². The summed E-state index contributed by atoms with van der Waals surface area (Å²) < 4.78 is 26.8. The van der Waals surface area contributed by atoms with Crippen LogP contribution in [-0.2, 0) is 10.0 Å². The molecule has 1 heterocycles. The molecule has 1 aliphatic heterocycles. The Labute approximate surface area is 155 Å². The maximum absolute atomic E-state index is 12.7. The van der Waals surface area contributed by atoms with E-state index < -0.39 is 10.0 Å². The fourth-order valence-corrected chi connectivity index (χ4v) is 4.84. The molecule has 26 heavy (non-hydrogen) atoms. The average Bonchev–Trinajstić information content (AvgIpc) is 3.17. The number of carbonyl (C=O) groups excluding carboxylic acids is 1. The molecule has 0 atom stereocenters. The van der Waals surface area contributed by atoms with Gasteiger partial charge in [-0.1, -0.05) is 30.3 Å². The molecule has 0 unspecified atom stereocenters. The van der Waals surface area contributed by atoms with Crippen LogP contribution in [0.25, 0.3) is 0 Å². The number of Topliss-reactive ketones (excluding diaryl/α,β-unsaturated/α-hetero) is 1. The van der Waals surface area contributed by atoms with Gasteiger partial charge in [0.25, 0.3) is 0 Å². The van der Waals surface area contributed by atoms with Gasteiger partial charge in [-0.2, -0.15) is 4.31 Å². The first kappa shape index (κ1) is 18.6. The van der Waals surface area contributed by atoms with E-state index in [2.05, 4.69) is 5.32 Å². The molecule has 0 saturated carbocycles. The van der Waals surface area contributed by atoms with E-state index in [0.29, 0.717) is 18.7 Å². The number of anilines is 1. The molecule has 1 aliphatic rings. The van der Waals surface area contributed by atoms with Crippen molar-refractivity contribution in [2.24, 2.45) is 0 Å². The average molecular weight is 372 g/mol. The standard InChI is InChI=1S/C20H24N2O3S/c1-15-7-5-8-16(2)20(15)21-14-19(23)17-9-6-10-18(13-17)26(24,25)22-11-3-4-12-22/h5-10,13,21H,3-4,11-12,14H2,1-2H3. The minimum absolute atomic E-state index is 0.124. The number of rotatable bonds is 6. The first-order chi connectivity index (χ1) is 12.4. The molecule has 2 aromatic rings. The second-order valence-electron chi connectivity index (χ2n) is 6.68. The molecule has 0 amide bonds. The van der Waals surface area contributed by atoms with Gasteiger partial charge in [0.2, 0.25) is 10.0 Å². The van der Waals surface area contributed by atoms with Crippen LogP contribution in [0.1, 0.15) is 34.3 Å². The quantitative estimate of drug-likeness (QED) is 0.790. The topological polar surface area (TPSA) is 66.5 Å². The van der Waals surface area contributed by atoms with E-state index in [1.54, 1.807) is 18.2 Å². The van der Waals surface area contributed by atoms with Crippen molar-refractivity contribution in [1.29, 1.82) is 0 Å². The van der Waals surface area contributed by atoms with Gasteiger partial charge in [-0.25, -0.2) is 8.42 Å². The van der Waals surface area contributed by atoms with E-state index in [0.717, 1.165) is 29.7 Å². The number of aryl methyl sites for hydroxylation is 2. The summed E-state index contributed by atoms with van der Waals surface area (Å²) in [6, 6.07) is 12.3. The summed E-state index contributed by atoms with van der Waals surface area (Å²) in [6.45, 7) is 5.20. The molecule has 6 heteroatoms. The van der Waals surface area contributed by atoms with Gasteiger partial charge in [0.05, 0.1) is 11.4 Å². The summed E-state index contributed by atoms with van der Waals surface area (Å²) in [4.78, 5) is 12.8. The number of hydrogen-bond donors (Lipinski definition) is 1. The summed E-state index contributed by atoms with van der Waals surface area (Å²) in [5.74, 6) is -0.133. The van der Waals surface area contributed by atoms with E-state index >= 15 is 0 Å². The van der Waals surface area contributed by atoms with Gasteiger partial charge in [-0.15, -0.1) is 0 Å². The Kier molecular flexibility index (Phi) is 5.44.